The van der Waals surface area contributed by atoms with Crippen LogP contribution in [0, 0.1) is 12.7 Å². The Morgan fingerprint density at radius 1 is 1.20 bits per heavy atom. The molecule has 2 nitrogen and oxygen atoms in total. The van der Waals surface area contributed by atoms with Gasteiger partial charge in [-0.05, 0) is 36.8 Å². The molecule has 0 saturated heterocycles. The maximum Gasteiger partial charge on any atom is 0.135 e. The minimum Gasteiger partial charge on any atom is -0.389 e. The summed E-state index contributed by atoms with van der Waals surface area (Å²) in [5.41, 5.74) is 7.56. The standard InChI is InChI=1S/C14H11Cl2FN2S/c1-7-5-9(16)12(6-8(7)15)19-11-4-2-3-10(17)13(11)14(18)20/h2-6,19H,1H3,(H2,18,20). The third-order valence-corrected chi connectivity index (χ3v) is 3.70. The Bertz CT molecular complexity index is 689. The molecule has 20 heavy (non-hydrogen) atoms. The summed E-state index contributed by atoms with van der Waals surface area (Å²) in [6.07, 6.45) is 0. The van der Waals surface area contributed by atoms with E-state index in [4.69, 9.17) is 41.2 Å². The highest BCUT2D eigenvalue weighted by Crippen LogP contribution is 2.32. The van der Waals surface area contributed by atoms with E-state index in [1.165, 1.54) is 6.07 Å². The van der Waals surface area contributed by atoms with Crippen molar-refractivity contribution < 1.29 is 4.39 Å². The fourth-order valence-electron chi connectivity index (χ4n) is 1.77. The lowest BCUT2D eigenvalue weighted by molar-refractivity contribution is 0.626. The zero-order chi connectivity index (χ0) is 14.9. The summed E-state index contributed by atoms with van der Waals surface area (Å²) < 4.78 is 13.8. The number of nitrogens with two attached hydrogens (primary N) is 1. The van der Waals surface area contributed by atoms with E-state index in [1.807, 2.05) is 6.92 Å². The zero-order valence-corrected chi connectivity index (χ0v) is 12.8. The molecule has 0 aromatic heterocycles. The predicted molar refractivity (Wildman–Crippen MR) is 86.8 cm³/mol. The van der Waals surface area contributed by atoms with Crippen LogP contribution in [0.3, 0.4) is 0 Å². The molecule has 0 spiro atoms. The molecule has 0 unspecified atom stereocenters. The number of thiocarbonyl (C=S) groups is 1. The molecular weight excluding hydrogens is 318 g/mol. The number of anilines is 2. The normalized spacial score (nSPS) is 10.4. The smallest absolute Gasteiger partial charge is 0.135 e. The van der Waals surface area contributed by atoms with Gasteiger partial charge in [0.15, 0.2) is 0 Å². The number of benzene rings is 2. The summed E-state index contributed by atoms with van der Waals surface area (Å²) in [4.78, 5) is -0.0278. The second kappa shape index (κ2) is 5.95. The van der Waals surface area contributed by atoms with Crippen LogP contribution in [-0.2, 0) is 0 Å². The van der Waals surface area contributed by atoms with Crippen molar-refractivity contribution in [1.29, 1.82) is 0 Å². The van der Waals surface area contributed by atoms with Gasteiger partial charge in [-0.2, -0.15) is 0 Å². The van der Waals surface area contributed by atoms with E-state index in [0.717, 1.165) is 5.56 Å². The molecule has 0 atom stereocenters. The largest absolute Gasteiger partial charge is 0.389 e. The first-order chi connectivity index (χ1) is 9.40. The van der Waals surface area contributed by atoms with E-state index in [2.05, 4.69) is 5.32 Å². The van der Waals surface area contributed by atoms with Crippen LogP contribution >= 0.6 is 35.4 Å². The summed E-state index contributed by atoms with van der Waals surface area (Å²) >= 11 is 17.1. The summed E-state index contributed by atoms with van der Waals surface area (Å²) in [6, 6.07) is 7.92. The molecule has 0 amide bonds. The van der Waals surface area contributed by atoms with Gasteiger partial charge in [-0.1, -0.05) is 41.5 Å². The summed E-state index contributed by atoms with van der Waals surface area (Å²) in [5.74, 6) is -0.489. The van der Waals surface area contributed by atoms with Gasteiger partial charge >= 0.3 is 0 Å². The maximum absolute atomic E-state index is 13.8. The first-order valence-electron chi connectivity index (χ1n) is 5.71. The second-order valence-electron chi connectivity index (χ2n) is 4.23. The Morgan fingerprint density at radius 3 is 2.55 bits per heavy atom. The summed E-state index contributed by atoms with van der Waals surface area (Å²) in [5, 5.41) is 4.04. The lowest BCUT2D eigenvalue weighted by Crippen LogP contribution is -2.14. The number of hydrogen-bond acceptors (Lipinski definition) is 2. The van der Waals surface area contributed by atoms with Crippen molar-refractivity contribution in [2.75, 3.05) is 5.32 Å². The lowest BCUT2D eigenvalue weighted by Gasteiger charge is -2.14. The Balaban J connectivity index is 2.48. The monoisotopic (exact) mass is 328 g/mol. The van der Waals surface area contributed by atoms with Crippen molar-refractivity contribution in [3.63, 3.8) is 0 Å². The van der Waals surface area contributed by atoms with Gasteiger partial charge in [-0.3, -0.25) is 0 Å². The molecule has 0 aliphatic rings. The van der Waals surface area contributed by atoms with Crippen LogP contribution in [0.15, 0.2) is 30.3 Å². The molecule has 0 saturated carbocycles. The van der Waals surface area contributed by atoms with Crippen LogP contribution in [0.5, 0.6) is 0 Å². The van der Waals surface area contributed by atoms with Crippen molar-refractivity contribution >= 4 is 51.8 Å². The molecule has 0 heterocycles. The molecule has 0 bridgehead atoms. The van der Waals surface area contributed by atoms with Gasteiger partial charge in [0.1, 0.15) is 10.8 Å². The quantitative estimate of drug-likeness (QED) is 0.793. The van der Waals surface area contributed by atoms with Gasteiger partial charge in [-0.15, -0.1) is 0 Å². The van der Waals surface area contributed by atoms with Gasteiger partial charge in [0.05, 0.1) is 22.0 Å². The molecule has 2 aromatic carbocycles. The van der Waals surface area contributed by atoms with Gasteiger partial charge in [0.25, 0.3) is 0 Å². The lowest BCUT2D eigenvalue weighted by atomic mass is 10.1. The van der Waals surface area contributed by atoms with Gasteiger partial charge in [-0.25, -0.2) is 4.39 Å². The molecule has 104 valence electrons. The summed E-state index contributed by atoms with van der Waals surface area (Å²) in [7, 11) is 0. The third kappa shape index (κ3) is 3.03. The van der Waals surface area contributed by atoms with E-state index >= 15 is 0 Å². The first-order valence-corrected chi connectivity index (χ1v) is 6.87. The molecule has 2 rings (SSSR count). The van der Waals surface area contributed by atoms with Gasteiger partial charge in [0.2, 0.25) is 0 Å². The van der Waals surface area contributed by atoms with Crippen LogP contribution in [-0.4, -0.2) is 4.99 Å². The minimum atomic E-state index is -0.489. The fourth-order valence-corrected chi connectivity index (χ4v) is 2.40. The zero-order valence-electron chi connectivity index (χ0n) is 10.5. The van der Waals surface area contributed by atoms with E-state index in [1.54, 1.807) is 24.3 Å². The van der Waals surface area contributed by atoms with Crippen LogP contribution in [0.1, 0.15) is 11.1 Å². The van der Waals surface area contributed by atoms with Gasteiger partial charge in [0, 0.05) is 5.02 Å². The van der Waals surface area contributed by atoms with Crippen LogP contribution in [0.25, 0.3) is 0 Å². The predicted octanol–water partition coefficient (Wildman–Crippen LogP) is 4.82. The van der Waals surface area contributed by atoms with E-state index < -0.39 is 5.82 Å². The topological polar surface area (TPSA) is 38.0 Å². The first kappa shape index (κ1) is 15.0. The summed E-state index contributed by atoms with van der Waals surface area (Å²) in [6.45, 7) is 1.85. The molecule has 6 heteroatoms. The van der Waals surface area contributed by atoms with E-state index in [9.17, 15) is 4.39 Å². The Morgan fingerprint density at radius 2 is 1.90 bits per heavy atom. The number of nitrogens with one attached hydrogen (secondary N) is 1. The minimum absolute atomic E-state index is 0.0278. The molecule has 0 aliphatic heterocycles. The average molecular weight is 329 g/mol. The van der Waals surface area contributed by atoms with Crippen LogP contribution < -0.4 is 11.1 Å². The number of aryl methyl sites for hydroxylation is 1. The third-order valence-electron chi connectivity index (χ3n) is 2.78. The number of halogens is 3. The number of hydrogen-bond donors (Lipinski definition) is 2. The highest BCUT2D eigenvalue weighted by molar-refractivity contribution is 7.80. The van der Waals surface area contributed by atoms with Crippen molar-refractivity contribution in [3.05, 3.63) is 57.3 Å². The molecule has 0 fully saturated rings. The Kier molecular flexibility index (Phi) is 4.48. The van der Waals surface area contributed by atoms with Crippen molar-refractivity contribution in [1.82, 2.24) is 0 Å². The molecule has 3 N–H and O–H groups in total. The molecule has 2 aromatic rings. The molecule has 0 aliphatic carbocycles. The highest BCUT2D eigenvalue weighted by atomic mass is 35.5. The SMILES string of the molecule is Cc1cc(Cl)c(Nc2cccc(F)c2C(N)=S)cc1Cl. The second-order valence-corrected chi connectivity index (χ2v) is 5.49. The Hall–Kier alpha value is -1.36. The van der Waals surface area contributed by atoms with Gasteiger partial charge < -0.3 is 11.1 Å². The van der Waals surface area contributed by atoms with Crippen LogP contribution in [0.2, 0.25) is 10.0 Å². The average Bonchev–Trinajstić information content (AvgIpc) is 2.35. The fraction of sp³-hybridized carbons (Fsp3) is 0.0714. The number of rotatable bonds is 3. The van der Waals surface area contributed by atoms with E-state index in [0.29, 0.717) is 21.4 Å². The molecular formula is C14H11Cl2FN2S. The molecule has 0 radical (unpaired) electrons. The van der Waals surface area contributed by atoms with Crippen molar-refractivity contribution in [2.45, 2.75) is 6.92 Å². The van der Waals surface area contributed by atoms with E-state index in [-0.39, 0.29) is 10.6 Å². The Labute approximate surface area is 131 Å². The van der Waals surface area contributed by atoms with Crippen molar-refractivity contribution in [3.8, 4) is 0 Å². The highest BCUT2D eigenvalue weighted by Gasteiger charge is 2.13. The maximum atomic E-state index is 13.8. The van der Waals surface area contributed by atoms with Crippen molar-refractivity contribution in [2.24, 2.45) is 5.73 Å². The van der Waals surface area contributed by atoms with Crippen LogP contribution in [0.4, 0.5) is 15.8 Å².